The van der Waals surface area contributed by atoms with E-state index in [2.05, 4.69) is 0 Å². The van der Waals surface area contributed by atoms with E-state index in [9.17, 15) is 5.11 Å². The zero-order valence-electron chi connectivity index (χ0n) is 8.83. The van der Waals surface area contributed by atoms with Gasteiger partial charge in [-0.25, -0.2) is 0 Å². The van der Waals surface area contributed by atoms with Crippen molar-refractivity contribution in [3.05, 3.63) is 17.9 Å². The standard InChI is InChI=1S/C11H12O4/c1-6-8(12)11(14-3)10-7(4-5-15-10)9(6)13-2/h4-5,12H,1-3H3. The van der Waals surface area contributed by atoms with Crippen LogP contribution in [0.3, 0.4) is 0 Å². The number of phenols is 1. The largest absolute Gasteiger partial charge is 0.504 e. The second-order valence-corrected chi connectivity index (χ2v) is 3.20. The first-order valence-electron chi connectivity index (χ1n) is 4.51. The molecule has 4 nitrogen and oxygen atoms in total. The molecule has 15 heavy (non-hydrogen) atoms. The van der Waals surface area contributed by atoms with Crippen molar-refractivity contribution in [2.24, 2.45) is 0 Å². The number of aromatic hydroxyl groups is 1. The summed E-state index contributed by atoms with van der Waals surface area (Å²) in [6.45, 7) is 1.77. The van der Waals surface area contributed by atoms with Crippen LogP contribution in [0.1, 0.15) is 5.56 Å². The Morgan fingerprint density at radius 2 is 1.87 bits per heavy atom. The summed E-state index contributed by atoms with van der Waals surface area (Å²) < 4.78 is 15.6. The van der Waals surface area contributed by atoms with Crippen LogP contribution in [0.5, 0.6) is 17.2 Å². The quantitative estimate of drug-likeness (QED) is 0.823. The predicted molar refractivity (Wildman–Crippen MR) is 55.7 cm³/mol. The summed E-state index contributed by atoms with van der Waals surface area (Å²) in [5.74, 6) is 1.00. The molecule has 0 saturated carbocycles. The lowest BCUT2D eigenvalue weighted by atomic mass is 10.1. The SMILES string of the molecule is COc1c(C)c(O)c(OC)c2occc12. The second kappa shape index (κ2) is 3.38. The van der Waals surface area contributed by atoms with E-state index in [1.807, 2.05) is 0 Å². The molecule has 0 amide bonds. The van der Waals surface area contributed by atoms with E-state index in [-0.39, 0.29) is 5.75 Å². The fourth-order valence-electron chi connectivity index (χ4n) is 1.70. The highest BCUT2D eigenvalue weighted by molar-refractivity contribution is 5.93. The van der Waals surface area contributed by atoms with E-state index in [0.717, 1.165) is 5.39 Å². The fraction of sp³-hybridized carbons (Fsp3) is 0.273. The second-order valence-electron chi connectivity index (χ2n) is 3.20. The topological polar surface area (TPSA) is 51.8 Å². The van der Waals surface area contributed by atoms with Crippen LogP contribution in [0.4, 0.5) is 0 Å². The normalized spacial score (nSPS) is 10.6. The van der Waals surface area contributed by atoms with Crippen LogP contribution in [-0.4, -0.2) is 19.3 Å². The van der Waals surface area contributed by atoms with E-state index in [1.165, 1.54) is 13.4 Å². The third-order valence-electron chi connectivity index (χ3n) is 2.44. The molecule has 0 aliphatic rings. The minimum absolute atomic E-state index is 0.0526. The van der Waals surface area contributed by atoms with Crippen molar-refractivity contribution in [2.75, 3.05) is 14.2 Å². The van der Waals surface area contributed by atoms with E-state index in [0.29, 0.717) is 22.6 Å². The van der Waals surface area contributed by atoms with Crippen molar-refractivity contribution in [3.63, 3.8) is 0 Å². The molecule has 80 valence electrons. The zero-order chi connectivity index (χ0) is 11.0. The molecule has 1 aromatic heterocycles. The van der Waals surface area contributed by atoms with E-state index >= 15 is 0 Å². The molecule has 0 bridgehead atoms. The third-order valence-corrected chi connectivity index (χ3v) is 2.44. The van der Waals surface area contributed by atoms with Crippen LogP contribution < -0.4 is 9.47 Å². The zero-order valence-corrected chi connectivity index (χ0v) is 8.83. The Hall–Kier alpha value is -1.84. The summed E-state index contributed by atoms with van der Waals surface area (Å²) in [4.78, 5) is 0. The molecule has 0 aliphatic carbocycles. The highest BCUT2D eigenvalue weighted by Crippen LogP contribution is 2.44. The number of ether oxygens (including phenoxy) is 2. The Bertz CT molecular complexity index is 455. The molecule has 0 spiro atoms. The van der Waals surface area contributed by atoms with Crippen molar-refractivity contribution in [2.45, 2.75) is 6.92 Å². The van der Waals surface area contributed by atoms with Crippen molar-refractivity contribution in [3.8, 4) is 17.2 Å². The van der Waals surface area contributed by atoms with Crippen LogP contribution in [0.15, 0.2) is 16.7 Å². The van der Waals surface area contributed by atoms with E-state index in [1.54, 1.807) is 20.1 Å². The molecule has 1 heterocycles. The first-order valence-corrected chi connectivity index (χ1v) is 4.51. The molecule has 0 unspecified atom stereocenters. The van der Waals surface area contributed by atoms with Gasteiger partial charge in [0.25, 0.3) is 0 Å². The van der Waals surface area contributed by atoms with Crippen molar-refractivity contribution >= 4 is 11.0 Å². The smallest absolute Gasteiger partial charge is 0.204 e. The number of fused-ring (bicyclic) bond motifs is 1. The van der Waals surface area contributed by atoms with Gasteiger partial charge in [0.2, 0.25) is 5.75 Å². The Morgan fingerprint density at radius 3 is 2.47 bits per heavy atom. The lowest BCUT2D eigenvalue weighted by Gasteiger charge is -2.11. The summed E-state index contributed by atoms with van der Waals surface area (Å²) in [6, 6.07) is 1.78. The number of benzene rings is 1. The van der Waals surface area contributed by atoms with Gasteiger partial charge in [-0.05, 0) is 13.0 Å². The van der Waals surface area contributed by atoms with E-state index < -0.39 is 0 Å². The van der Waals surface area contributed by atoms with Crippen molar-refractivity contribution in [1.82, 2.24) is 0 Å². The lowest BCUT2D eigenvalue weighted by molar-refractivity contribution is 0.362. The highest BCUT2D eigenvalue weighted by atomic mass is 16.5. The summed E-state index contributed by atoms with van der Waals surface area (Å²) in [6.07, 6.45) is 1.54. The van der Waals surface area contributed by atoms with Crippen LogP contribution in [-0.2, 0) is 0 Å². The summed E-state index contributed by atoms with van der Waals surface area (Å²) in [7, 11) is 3.05. The van der Waals surface area contributed by atoms with Gasteiger partial charge in [0.1, 0.15) is 5.75 Å². The summed E-state index contributed by atoms with van der Waals surface area (Å²) in [5.41, 5.74) is 1.14. The Labute approximate surface area is 87.0 Å². The number of phenolic OH excluding ortho intramolecular Hbond substituents is 1. The molecule has 0 atom stereocenters. The van der Waals surface area contributed by atoms with Crippen LogP contribution in [0, 0.1) is 6.92 Å². The molecule has 0 aliphatic heterocycles. The maximum Gasteiger partial charge on any atom is 0.204 e. The first-order chi connectivity index (χ1) is 7.20. The minimum Gasteiger partial charge on any atom is -0.504 e. The number of methoxy groups -OCH3 is 2. The van der Waals surface area contributed by atoms with Gasteiger partial charge < -0.3 is 19.0 Å². The Balaban J connectivity index is 2.91. The molecule has 2 rings (SSSR count). The average molecular weight is 208 g/mol. The number of rotatable bonds is 2. The predicted octanol–water partition coefficient (Wildman–Crippen LogP) is 2.46. The van der Waals surface area contributed by atoms with Crippen molar-refractivity contribution in [1.29, 1.82) is 0 Å². The molecule has 0 saturated heterocycles. The van der Waals surface area contributed by atoms with Gasteiger partial charge in [0.05, 0.1) is 25.9 Å². The molecule has 1 N–H and O–H groups in total. The Morgan fingerprint density at radius 1 is 1.20 bits per heavy atom. The van der Waals surface area contributed by atoms with Gasteiger partial charge in [0.15, 0.2) is 11.3 Å². The highest BCUT2D eigenvalue weighted by Gasteiger charge is 2.19. The molecule has 4 heteroatoms. The average Bonchev–Trinajstić information content (AvgIpc) is 2.69. The van der Waals surface area contributed by atoms with Crippen LogP contribution in [0.2, 0.25) is 0 Å². The number of furan rings is 1. The molecule has 1 aromatic carbocycles. The van der Waals surface area contributed by atoms with Gasteiger partial charge in [-0.2, -0.15) is 0 Å². The van der Waals surface area contributed by atoms with Gasteiger partial charge in [-0.15, -0.1) is 0 Å². The van der Waals surface area contributed by atoms with Gasteiger partial charge >= 0.3 is 0 Å². The summed E-state index contributed by atoms with van der Waals surface area (Å²) >= 11 is 0. The maximum atomic E-state index is 9.86. The minimum atomic E-state index is 0.0526. The lowest BCUT2D eigenvalue weighted by Crippen LogP contribution is -1.92. The first kappa shape index (κ1) is 9.71. The monoisotopic (exact) mass is 208 g/mol. The third kappa shape index (κ3) is 1.21. The molecule has 2 aromatic rings. The number of hydrogen-bond donors (Lipinski definition) is 1. The van der Waals surface area contributed by atoms with Gasteiger partial charge in [-0.3, -0.25) is 0 Å². The van der Waals surface area contributed by atoms with Crippen molar-refractivity contribution < 1.29 is 19.0 Å². The molecular weight excluding hydrogens is 196 g/mol. The summed E-state index contributed by atoms with van der Waals surface area (Å²) in [5, 5.41) is 10.7. The van der Waals surface area contributed by atoms with Crippen LogP contribution >= 0.6 is 0 Å². The van der Waals surface area contributed by atoms with Gasteiger partial charge in [-0.1, -0.05) is 0 Å². The van der Waals surface area contributed by atoms with Gasteiger partial charge in [0, 0.05) is 5.56 Å². The fourth-order valence-corrected chi connectivity index (χ4v) is 1.70. The number of hydrogen-bond acceptors (Lipinski definition) is 4. The maximum absolute atomic E-state index is 9.86. The Kier molecular flexibility index (Phi) is 2.19. The van der Waals surface area contributed by atoms with Crippen LogP contribution in [0.25, 0.3) is 11.0 Å². The van der Waals surface area contributed by atoms with E-state index in [4.69, 9.17) is 13.9 Å². The molecule has 0 fully saturated rings. The molecule has 0 radical (unpaired) electrons. The molecular formula is C11H12O4.